The fourth-order valence-corrected chi connectivity index (χ4v) is 6.07. The Kier molecular flexibility index (Phi) is 4.28. The van der Waals surface area contributed by atoms with E-state index in [4.69, 9.17) is 0 Å². The van der Waals surface area contributed by atoms with Crippen LogP contribution in [0.3, 0.4) is 0 Å². The second kappa shape index (κ2) is 5.33. The summed E-state index contributed by atoms with van der Waals surface area (Å²) < 4.78 is 27.3. The average molecular weight is 389 g/mol. The molecular formula is C13H22N2O2SSn. The van der Waals surface area contributed by atoms with Gasteiger partial charge in [0, 0.05) is 0 Å². The summed E-state index contributed by atoms with van der Waals surface area (Å²) in [5, 5.41) is 0. The number of aromatic nitrogens is 1. The summed E-state index contributed by atoms with van der Waals surface area (Å²) in [6, 6.07) is 3.61. The molecular weight excluding hydrogens is 367 g/mol. The van der Waals surface area contributed by atoms with Gasteiger partial charge in [0.05, 0.1) is 0 Å². The number of pyridine rings is 1. The van der Waals surface area contributed by atoms with Crippen LogP contribution in [-0.4, -0.2) is 49.7 Å². The average Bonchev–Trinajstić information content (AvgIpc) is 3.12. The number of nitrogens with zero attached hydrogens (tertiary/aromatic N) is 2. The SMILES string of the molecule is CN(CC1CC1)S(=O)(=O)c1cc[c]([Sn]([CH3])([CH3])[CH3])nc1. The summed E-state index contributed by atoms with van der Waals surface area (Å²) in [5.41, 5.74) is 0. The van der Waals surface area contributed by atoms with Crippen molar-refractivity contribution in [3.05, 3.63) is 18.3 Å². The third kappa shape index (κ3) is 3.70. The molecule has 0 N–H and O–H groups in total. The van der Waals surface area contributed by atoms with E-state index in [1.54, 1.807) is 13.1 Å². The van der Waals surface area contributed by atoms with E-state index in [1.165, 1.54) is 10.5 Å². The van der Waals surface area contributed by atoms with Crippen LogP contribution >= 0.6 is 0 Å². The van der Waals surface area contributed by atoms with Crippen molar-refractivity contribution >= 4 is 32.1 Å². The monoisotopic (exact) mass is 390 g/mol. The van der Waals surface area contributed by atoms with E-state index in [9.17, 15) is 8.42 Å². The fraction of sp³-hybridized carbons (Fsp3) is 0.615. The van der Waals surface area contributed by atoms with Gasteiger partial charge in [0.15, 0.2) is 0 Å². The Morgan fingerprint density at radius 1 is 1.32 bits per heavy atom. The molecule has 1 aliphatic carbocycles. The first kappa shape index (κ1) is 15.3. The predicted octanol–water partition coefficient (Wildman–Crippen LogP) is 1.66. The fourth-order valence-electron chi connectivity index (χ4n) is 1.92. The van der Waals surface area contributed by atoms with E-state index in [-0.39, 0.29) is 0 Å². The normalized spacial score (nSPS) is 16.9. The predicted molar refractivity (Wildman–Crippen MR) is 79.8 cm³/mol. The van der Waals surface area contributed by atoms with Gasteiger partial charge in [-0.3, -0.25) is 0 Å². The minimum atomic E-state index is -3.36. The van der Waals surface area contributed by atoms with E-state index >= 15 is 0 Å². The molecule has 0 aromatic carbocycles. The summed E-state index contributed by atoms with van der Waals surface area (Å²) in [4.78, 5) is 11.5. The Balaban J connectivity index is 2.20. The van der Waals surface area contributed by atoms with Crippen molar-refractivity contribution in [1.29, 1.82) is 0 Å². The molecule has 1 aromatic rings. The van der Waals surface area contributed by atoms with Gasteiger partial charge in [-0.05, 0) is 0 Å². The summed E-state index contributed by atoms with van der Waals surface area (Å²) in [7, 11) is -1.70. The first-order valence-electron chi connectivity index (χ1n) is 6.64. The van der Waals surface area contributed by atoms with Crippen LogP contribution in [0.2, 0.25) is 14.8 Å². The second-order valence-corrected chi connectivity index (χ2v) is 22.7. The first-order chi connectivity index (χ1) is 8.71. The van der Waals surface area contributed by atoms with Crippen molar-refractivity contribution in [1.82, 2.24) is 9.29 Å². The van der Waals surface area contributed by atoms with Gasteiger partial charge >= 0.3 is 120 Å². The molecule has 1 aliphatic rings. The summed E-state index contributed by atoms with van der Waals surface area (Å²) >= 11 is -2.20. The van der Waals surface area contributed by atoms with Crippen LogP contribution in [0.1, 0.15) is 12.8 Å². The zero-order valence-corrected chi connectivity index (χ0v) is 15.7. The molecule has 6 heteroatoms. The van der Waals surface area contributed by atoms with Gasteiger partial charge in [-0.2, -0.15) is 0 Å². The number of sulfonamides is 1. The molecule has 2 rings (SSSR count). The molecule has 1 heterocycles. The van der Waals surface area contributed by atoms with Gasteiger partial charge in [-0.25, -0.2) is 0 Å². The maximum atomic E-state index is 12.4. The molecule has 1 fully saturated rings. The van der Waals surface area contributed by atoms with Crippen molar-refractivity contribution in [2.24, 2.45) is 5.92 Å². The van der Waals surface area contributed by atoms with Crippen molar-refractivity contribution in [3.63, 3.8) is 0 Å². The molecule has 0 spiro atoms. The zero-order chi connectivity index (χ0) is 14.3. The molecule has 1 saturated carbocycles. The van der Waals surface area contributed by atoms with Gasteiger partial charge in [0.25, 0.3) is 0 Å². The van der Waals surface area contributed by atoms with E-state index in [2.05, 4.69) is 19.8 Å². The van der Waals surface area contributed by atoms with Gasteiger partial charge in [0.2, 0.25) is 0 Å². The number of rotatable bonds is 5. The molecule has 106 valence electrons. The van der Waals surface area contributed by atoms with Crippen LogP contribution in [0.5, 0.6) is 0 Å². The Bertz CT molecular complexity index is 545. The molecule has 0 unspecified atom stereocenters. The van der Waals surface area contributed by atoms with Crippen molar-refractivity contribution in [3.8, 4) is 0 Å². The molecule has 0 atom stereocenters. The van der Waals surface area contributed by atoms with E-state index in [1.807, 2.05) is 6.07 Å². The third-order valence-corrected chi connectivity index (χ3v) is 10.5. The van der Waals surface area contributed by atoms with E-state index in [0.717, 1.165) is 16.6 Å². The number of hydrogen-bond acceptors (Lipinski definition) is 3. The van der Waals surface area contributed by atoms with Gasteiger partial charge in [-0.15, -0.1) is 0 Å². The summed E-state index contributed by atoms with van der Waals surface area (Å²) in [6.45, 7) is 0.628. The topological polar surface area (TPSA) is 50.3 Å². The standard InChI is InChI=1S/C10H13N2O2S.3CH3.Sn/c1-12(8-9-4-5-9)15(13,14)10-3-2-6-11-7-10;;;;/h2-3,7,9H,4-5,8H2,1H3;3*1H3;. The Labute approximate surface area is 120 Å². The Hall–Kier alpha value is -0.141. The van der Waals surface area contributed by atoms with Gasteiger partial charge in [0.1, 0.15) is 0 Å². The summed E-state index contributed by atoms with van der Waals surface area (Å²) in [6.07, 6.45) is 3.82. The van der Waals surface area contributed by atoms with E-state index < -0.39 is 28.4 Å². The number of hydrogen-bond donors (Lipinski definition) is 0. The van der Waals surface area contributed by atoms with Gasteiger partial charge < -0.3 is 0 Å². The minimum absolute atomic E-state index is 0.315. The molecule has 0 amide bonds. The molecule has 4 nitrogen and oxygen atoms in total. The quantitative estimate of drug-likeness (QED) is 0.720. The van der Waals surface area contributed by atoms with Crippen LogP contribution in [0, 0.1) is 5.92 Å². The van der Waals surface area contributed by atoms with Crippen LogP contribution in [0.15, 0.2) is 23.2 Å². The van der Waals surface area contributed by atoms with Crippen molar-refractivity contribution < 1.29 is 8.42 Å². The van der Waals surface area contributed by atoms with Crippen LogP contribution in [0.25, 0.3) is 0 Å². The molecule has 1 aromatic heterocycles. The van der Waals surface area contributed by atoms with Gasteiger partial charge in [-0.1, -0.05) is 0 Å². The first-order valence-corrected chi connectivity index (χ1v) is 18.1. The van der Waals surface area contributed by atoms with Crippen LogP contribution in [0.4, 0.5) is 0 Å². The molecule has 19 heavy (non-hydrogen) atoms. The maximum absolute atomic E-state index is 12.4. The zero-order valence-electron chi connectivity index (χ0n) is 12.0. The molecule has 0 radical (unpaired) electrons. The molecule has 0 bridgehead atoms. The molecule has 0 aliphatic heterocycles. The third-order valence-electron chi connectivity index (χ3n) is 3.43. The van der Waals surface area contributed by atoms with Crippen LogP contribution in [-0.2, 0) is 10.0 Å². The Morgan fingerprint density at radius 2 is 1.95 bits per heavy atom. The van der Waals surface area contributed by atoms with Crippen LogP contribution < -0.4 is 3.71 Å². The second-order valence-electron chi connectivity index (χ2n) is 6.36. The van der Waals surface area contributed by atoms with E-state index in [0.29, 0.717) is 17.4 Å². The summed E-state index contributed by atoms with van der Waals surface area (Å²) in [5.74, 6) is 0.554. The van der Waals surface area contributed by atoms with Crippen molar-refractivity contribution in [2.75, 3.05) is 13.6 Å². The van der Waals surface area contributed by atoms with Crippen molar-refractivity contribution in [2.45, 2.75) is 32.6 Å². The Morgan fingerprint density at radius 3 is 2.37 bits per heavy atom. The molecule has 0 saturated heterocycles.